The van der Waals surface area contributed by atoms with Gasteiger partial charge in [-0.15, -0.1) is 6.58 Å². The van der Waals surface area contributed by atoms with Gasteiger partial charge in [0, 0.05) is 12.2 Å². The predicted molar refractivity (Wildman–Crippen MR) is 109 cm³/mol. The van der Waals surface area contributed by atoms with E-state index in [-0.39, 0.29) is 16.6 Å². The van der Waals surface area contributed by atoms with Gasteiger partial charge < -0.3 is 10.1 Å². The Balaban J connectivity index is 2.02. The summed E-state index contributed by atoms with van der Waals surface area (Å²) in [5.41, 5.74) is 0.877. The van der Waals surface area contributed by atoms with Crippen molar-refractivity contribution in [2.75, 3.05) is 19.0 Å². The lowest BCUT2D eigenvalue weighted by atomic mass is 10.2. The van der Waals surface area contributed by atoms with Crippen LogP contribution in [-0.2, 0) is 10.0 Å². The molecule has 0 unspecified atom stereocenters. The highest BCUT2D eigenvalue weighted by Crippen LogP contribution is 2.17. The van der Waals surface area contributed by atoms with E-state index in [1.807, 2.05) is 0 Å². The molecule has 142 valence electrons. The summed E-state index contributed by atoms with van der Waals surface area (Å²) in [5, 5.41) is 5.46. The summed E-state index contributed by atoms with van der Waals surface area (Å²) in [7, 11) is -2.12. The molecule has 9 heteroatoms. The van der Waals surface area contributed by atoms with E-state index in [1.54, 1.807) is 36.4 Å². The molecule has 0 heterocycles. The third kappa shape index (κ3) is 5.61. The molecule has 0 aromatic heterocycles. The fourth-order valence-corrected chi connectivity index (χ4v) is 3.34. The van der Waals surface area contributed by atoms with Crippen molar-refractivity contribution >= 4 is 38.9 Å². The van der Waals surface area contributed by atoms with Crippen LogP contribution in [0.1, 0.15) is 10.4 Å². The second-order valence-electron chi connectivity index (χ2n) is 5.27. The SMILES string of the molecule is C=CCNS(=O)(=O)c1ccc(NC(=S)NC(=O)c2ccccc2OC)cc1. The molecule has 0 saturated heterocycles. The standard InChI is InChI=1S/C18H19N3O4S2/c1-3-12-19-27(23,24)14-10-8-13(9-11-14)20-18(26)21-17(22)15-6-4-5-7-16(15)25-2/h3-11,19H,1,12H2,2H3,(H2,20,21,22,26). The number of hydrogen-bond acceptors (Lipinski definition) is 5. The van der Waals surface area contributed by atoms with Gasteiger partial charge in [-0.2, -0.15) is 0 Å². The lowest BCUT2D eigenvalue weighted by Crippen LogP contribution is -2.34. The maximum absolute atomic E-state index is 12.3. The quantitative estimate of drug-likeness (QED) is 0.483. The smallest absolute Gasteiger partial charge is 0.261 e. The molecule has 0 radical (unpaired) electrons. The number of hydrogen-bond donors (Lipinski definition) is 3. The Morgan fingerprint density at radius 3 is 2.48 bits per heavy atom. The Labute approximate surface area is 163 Å². The van der Waals surface area contributed by atoms with Crippen LogP contribution in [0.2, 0.25) is 0 Å². The third-order valence-electron chi connectivity index (χ3n) is 3.42. The van der Waals surface area contributed by atoms with E-state index < -0.39 is 15.9 Å². The van der Waals surface area contributed by atoms with Gasteiger partial charge in [0.1, 0.15) is 5.75 Å². The van der Waals surface area contributed by atoms with Crippen LogP contribution in [0.3, 0.4) is 0 Å². The largest absolute Gasteiger partial charge is 0.496 e. The van der Waals surface area contributed by atoms with Crippen LogP contribution >= 0.6 is 12.2 Å². The Morgan fingerprint density at radius 1 is 1.19 bits per heavy atom. The second kappa shape index (κ2) is 9.26. The summed E-state index contributed by atoms with van der Waals surface area (Å²) in [6, 6.07) is 12.7. The number of thiocarbonyl (C=S) groups is 1. The molecule has 0 atom stereocenters. The van der Waals surface area contributed by atoms with E-state index >= 15 is 0 Å². The van der Waals surface area contributed by atoms with Crippen molar-refractivity contribution < 1.29 is 17.9 Å². The van der Waals surface area contributed by atoms with Gasteiger partial charge in [0.05, 0.1) is 17.6 Å². The zero-order chi connectivity index (χ0) is 19.9. The van der Waals surface area contributed by atoms with Crippen LogP contribution in [0.4, 0.5) is 5.69 Å². The van der Waals surface area contributed by atoms with Crippen molar-refractivity contribution in [1.82, 2.24) is 10.0 Å². The van der Waals surface area contributed by atoms with Gasteiger partial charge in [-0.05, 0) is 48.6 Å². The molecule has 0 bridgehead atoms. The third-order valence-corrected chi connectivity index (χ3v) is 5.06. The molecule has 7 nitrogen and oxygen atoms in total. The number of para-hydroxylation sites is 1. The van der Waals surface area contributed by atoms with Crippen molar-refractivity contribution in [2.24, 2.45) is 0 Å². The minimum absolute atomic E-state index is 0.0753. The van der Waals surface area contributed by atoms with Crippen LogP contribution in [0.25, 0.3) is 0 Å². The number of nitrogens with one attached hydrogen (secondary N) is 3. The average Bonchev–Trinajstić information content (AvgIpc) is 2.66. The van der Waals surface area contributed by atoms with Crippen LogP contribution in [0, 0.1) is 0 Å². The van der Waals surface area contributed by atoms with E-state index in [1.165, 1.54) is 25.3 Å². The molecule has 27 heavy (non-hydrogen) atoms. The Bertz CT molecular complexity index is 941. The number of carbonyl (C=O) groups is 1. The highest BCUT2D eigenvalue weighted by atomic mass is 32.2. The second-order valence-corrected chi connectivity index (χ2v) is 7.45. The predicted octanol–water partition coefficient (Wildman–Crippen LogP) is 2.29. The summed E-state index contributed by atoms with van der Waals surface area (Å²) in [6.45, 7) is 3.61. The van der Waals surface area contributed by atoms with Gasteiger partial charge in [-0.1, -0.05) is 18.2 Å². The number of amides is 1. The number of anilines is 1. The lowest BCUT2D eigenvalue weighted by molar-refractivity contribution is 0.0975. The average molecular weight is 406 g/mol. The first-order valence-electron chi connectivity index (χ1n) is 7.83. The molecule has 0 saturated carbocycles. The van der Waals surface area contributed by atoms with Crippen molar-refractivity contribution in [3.05, 3.63) is 66.7 Å². The van der Waals surface area contributed by atoms with Gasteiger partial charge in [0.2, 0.25) is 10.0 Å². The van der Waals surface area contributed by atoms with E-state index in [9.17, 15) is 13.2 Å². The number of carbonyl (C=O) groups excluding carboxylic acids is 1. The first-order chi connectivity index (χ1) is 12.9. The Hall–Kier alpha value is -2.75. The fourth-order valence-electron chi connectivity index (χ4n) is 2.13. The normalized spacial score (nSPS) is 10.7. The fraction of sp³-hybridized carbons (Fsp3) is 0.111. The summed E-state index contributed by atoms with van der Waals surface area (Å²) in [4.78, 5) is 12.4. The number of rotatable bonds is 7. The molecule has 3 N–H and O–H groups in total. The molecule has 0 aliphatic heterocycles. The first-order valence-corrected chi connectivity index (χ1v) is 9.72. The van der Waals surface area contributed by atoms with Crippen molar-refractivity contribution in [3.63, 3.8) is 0 Å². The molecule has 2 rings (SSSR count). The minimum Gasteiger partial charge on any atom is -0.496 e. The molecule has 0 fully saturated rings. The number of sulfonamides is 1. The maximum Gasteiger partial charge on any atom is 0.261 e. The number of methoxy groups -OCH3 is 1. The molecule has 2 aromatic rings. The Morgan fingerprint density at radius 2 is 1.85 bits per heavy atom. The maximum atomic E-state index is 12.3. The van der Waals surface area contributed by atoms with Crippen LogP contribution < -0.4 is 20.1 Å². The van der Waals surface area contributed by atoms with Crippen LogP contribution in [0.15, 0.2) is 66.1 Å². The van der Waals surface area contributed by atoms with Crippen molar-refractivity contribution in [1.29, 1.82) is 0 Å². The van der Waals surface area contributed by atoms with Crippen LogP contribution in [-0.4, -0.2) is 33.1 Å². The van der Waals surface area contributed by atoms with Crippen molar-refractivity contribution in [3.8, 4) is 5.75 Å². The van der Waals surface area contributed by atoms with Crippen LogP contribution in [0.5, 0.6) is 5.75 Å². The minimum atomic E-state index is -3.60. The molecule has 0 aliphatic rings. The topological polar surface area (TPSA) is 96.5 Å². The molecule has 0 aliphatic carbocycles. The monoisotopic (exact) mass is 405 g/mol. The van der Waals surface area contributed by atoms with E-state index in [0.29, 0.717) is 17.0 Å². The highest BCUT2D eigenvalue weighted by Gasteiger charge is 2.14. The zero-order valence-corrected chi connectivity index (χ0v) is 16.2. The van der Waals surface area contributed by atoms with Gasteiger partial charge in [-0.25, -0.2) is 13.1 Å². The lowest BCUT2D eigenvalue weighted by Gasteiger charge is -2.12. The summed E-state index contributed by atoms with van der Waals surface area (Å²) < 4.78 is 31.6. The molecule has 0 spiro atoms. The molecule has 1 amide bonds. The number of ether oxygens (including phenoxy) is 1. The van der Waals surface area contributed by atoms with Gasteiger partial charge >= 0.3 is 0 Å². The Kier molecular flexibility index (Phi) is 7.05. The highest BCUT2D eigenvalue weighted by molar-refractivity contribution is 7.89. The van der Waals surface area contributed by atoms with Gasteiger partial charge in [0.25, 0.3) is 5.91 Å². The summed E-state index contributed by atoms with van der Waals surface area (Å²) in [6.07, 6.45) is 1.45. The number of benzene rings is 2. The van der Waals surface area contributed by atoms with Gasteiger partial charge in [0.15, 0.2) is 5.11 Å². The molecular weight excluding hydrogens is 386 g/mol. The summed E-state index contributed by atoms with van der Waals surface area (Å²) in [5.74, 6) is 0.0113. The van der Waals surface area contributed by atoms with Crippen molar-refractivity contribution in [2.45, 2.75) is 4.90 Å². The van der Waals surface area contributed by atoms with E-state index in [0.717, 1.165) is 0 Å². The zero-order valence-electron chi connectivity index (χ0n) is 14.6. The van der Waals surface area contributed by atoms with Gasteiger partial charge in [-0.3, -0.25) is 10.1 Å². The molecule has 2 aromatic carbocycles. The molecular formula is C18H19N3O4S2. The van der Waals surface area contributed by atoms with E-state index in [2.05, 4.69) is 21.9 Å². The first kappa shape index (κ1) is 20.6. The van der Waals surface area contributed by atoms with E-state index in [4.69, 9.17) is 17.0 Å². The summed E-state index contributed by atoms with van der Waals surface area (Å²) >= 11 is 5.13.